The van der Waals surface area contributed by atoms with Crippen LogP contribution in [0.1, 0.15) is 91.0 Å². The summed E-state index contributed by atoms with van der Waals surface area (Å²) in [4.78, 5) is 34.7. The summed E-state index contributed by atoms with van der Waals surface area (Å²) in [6.07, 6.45) is 7.51. The Labute approximate surface area is 250 Å². The van der Waals surface area contributed by atoms with Crippen LogP contribution in [0.25, 0.3) is 0 Å². The molecule has 2 N–H and O–H groups in total. The lowest BCUT2D eigenvalue weighted by molar-refractivity contribution is 0.0741. The van der Waals surface area contributed by atoms with Gasteiger partial charge < -0.3 is 15.5 Å². The van der Waals surface area contributed by atoms with Crippen molar-refractivity contribution in [3.8, 4) is 0 Å². The number of hydrogen-bond donors (Lipinski definition) is 1. The highest BCUT2D eigenvalue weighted by Crippen LogP contribution is 2.18. The number of aryl methyl sites for hydroxylation is 2. The number of nitrogens with two attached hydrogens (primary N) is 1. The second-order valence-corrected chi connectivity index (χ2v) is 10.5. The molecule has 6 nitrogen and oxygen atoms in total. The van der Waals surface area contributed by atoms with Gasteiger partial charge in [0, 0.05) is 43.5 Å². The SMILES string of the molecule is CC1=CC(F)=CC(F)=CC1.CCCN(CCC)C(=O)c1cc(C(=O)N(CCCN)Cc2cccc(CC)c2)cc(C)n1. The summed E-state index contributed by atoms with van der Waals surface area (Å²) in [5.74, 6) is -1.22. The van der Waals surface area contributed by atoms with E-state index in [1.165, 1.54) is 17.7 Å². The lowest BCUT2D eigenvalue weighted by Crippen LogP contribution is -2.35. The zero-order valence-electron chi connectivity index (χ0n) is 25.8. The fraction of sp³-hybridized carbons (Fsp3) is 0.441. The molecule has 2 aromatic rings. The molecule has 228 valence electrons. The molecule has 3 rings (SSSR count). The maximum absolute atomic E-state index is 13.5. The van der Waals surface area contributed by atoms with E-state index in [9.17, 15) is 18.4 Å². The molecule has 1 heterocycles. The van der Waals surface area contributed by atoms with Crippen molar-refractivity contribution < 1.29 is 18.4 Å². The van der Waals surface area contributed by atoms with E-state index in [0.717, 1.165) is 42.9 Å². The van der Waals surface area contributed by atoms with Crippen molar-refractivity contribution in [2.24, 2.45) is 5.73 Å². The molecule has 42 heavy (non-hydrogen) atoms. The molecule has 1 aromatic heterocycles. The molecular formula is C34H46F2N4O2. The molecule has 0 bridgehead atoms. The molecular weight excluding hydrogens is 534 g/mol. The summed E-state index contributed by atoms with van der Waals surface area (Å²) in [6.45, 7) is 12.8. The molecule has 0 saturated carbocycles. The molecule has 2 amide bonds. The lowest BCUT2D eigenvalue weighted by atomic mass is 10.1. The Kier molecular flexibility index (Phi) is 14.8. The average molecular weight is 581 g/mol. The van der Waals surface area contributed by atoms with Gasteiger partial charge in [0.05, 0.1) is 0 Å². The number of allylic oxidation sites excluding steroid dienone is 6. The van der Waals surface area contributed by atoms with Crippen LogP contribution in [0.15, 0.2) is 71.9 Å². The number of carbonyl (C=O) groups excluding carboxylic acids is 2. The Balaban J connectivity index is 0.000000518. The van der Waals surface area contributed by atoms with Crippen LogP contribution in [-0.2, 0) is 13.0 Å². The number of benzene rings is 1. The van der Waals surface area contributed by atoms with Crippen LogP contribution >= 0.6 is 0 Å². The topological polar surface area (TPSA) is 79.5 Å². The maximum Gasteiger partial charge on any atom is 0.272 e. The van der Waals surface area contributed by atoms with Gasteiger partial charge in [0.1, 0.15) is 17.3 Å². The van der Waals surface area contributed by atoms with Gasteiger partial charge in [-0.15, -0.1) is 0 Å². The number of pyridine rings is 1. The van der Waals surface area contributed by atoms with Gasteiger partial charge in [-0.25, -0.2) is 13.8 Å². The first kappa shape index (κ1) is 34.6. The molecule has 0 radical (unpaired) electrons. The molecule has 1 aromatic carbocycles. The van der Waals surface area contributed by atoms with Gasteiger partial charge >= 0.3 is 0 Å². The monoisotopic (exact) mass is 580 g/mol. The first-order valence-electron chi connectivity index (χ1n) is 14.9. The minimum absolute atomic E-state index is 0.0996. The molecule has 1 aliphatic rings. The molecule has 0 saturated heterocycles. The summed E-state index contributed by atoms with van der Waals surface area (Å²) in [5, 5.41) is 0. The third-order valence-corrected chi connectivity index (χ3v) is 6.67. The second kappa shape index (κ2) is 18.0. The van der Waals surface area contributed by atoms with Crippen LogP contribution in [0.3, 0.4) is 0 Å². The Morgan fingerprint density at radius 1 is 0.881 bits per heavy atom. The van der Waals surface area contributed by atoms with Gasteiger partial charge in [0.2, 0.25) is 0 Å². The van der Waals surface area contributed by atoms with E-state index in [0.29, 0.717) is 56.1 Å². The van der Waals surface area contributed by atoms with Crippen LogP contribution in [0.4, 0.5) is 8.78 Å². The molecule has 8 heteroatoms. The standard InChI is InChI=1S/C26H38N4O2.C8H8F2/c1-5-13-29(14-6-2)26(32)24-18-23(16-20(4)28-24)25(31)30(15-9-12-27)19-22-11-8-10-21(7-3)17-22;1-6-2-3-7(9)5-8(10)4-6/h8,10-11,16-18H,5-7,9,12-15,19,27H2,1-4H3;3-5H,2H2,1H3. The third-order valence-electron chi connectivity index (χ3n) is 6.67. The van der Waals surface area contributed by atoms with Gasteiger partial charge in [0.25, 0.3) is 11.8 Å². The van der Waals surface area contributed by atoms with Crippen molar-refractivity contribution in [1.29, 1.82) is 0 Å². The smallest absolute Gasteiger partial charge is 0.272 e. The molecule has 0 unspecified atom stereocenters. The molecule has 1 aliphatic carbocycles. The number of rotatable bonds is 12. The van der Waals surface area contributed by atoms with Crippen molar-refractivity contribution in [2.75, 3.05) is 26.2 Å². The number of carbonyl (C=O) groups is 2. The molecule has 0 fully saturated rings. The van der Waals surface area contributed by atoms with Gasteiger partial charge in [0.15, 0.2) is 0 Å². The Bertz CT molecular complexity index is 1280. The van der Waals surface area contributed by atoms with Crippen LogP contribution in [0, 0.1) is 6.92 Å². The van der Waals surface area contributed by atoms with E-state index in [1.54, 1.807) is 19.1 Å². The summed E-state index contributed by atoms with van der Waals surface area (Å²) >= 11 is 0. The van der Waals surface area contributed by atoms with E-state index >= 15 is 0 Å². The normalized spacial score (nSPS) is 12.7. The predicted octanol–water partition coefficient (Wildman–Crippen LogP) is 7.25. The van der Waals surface area contributed by atoms with Gasteiger partial charge in [-0.1, -0.05) is 50.6 Å². The van der Waals surface area contributed by atoms with Gasteiger partial charge in [-0.2, -0.15) is 0 Å². The highest BCUT2D eigenvalue weighted by molar-refractivity contribution is 5.98. The number of amides is 2. The average Bonchev–Trinajstić information content (AvgIpc) is 3.12. The minimum atomic E-state index is -0.510. The molecule has 0 spiro atoms. The number of halogens is 2. The summed E-state index contributed by atoms with van der Waals surface area (Å²) in [5.41, 5.74) is 10.4. The van der Waals surface area contributed by atoms with E-state index < -0.39 is 11.7 Å². The first-order valence-corrected chi connectivity index (χ1v) is 14.9. The summed E-state index contributed by atoms with van der Waals surface area (Å²) in [6, 6.07) is 11.7. The number of hydrogen-bond acceptors (Lipinski definition) is 4. The van der Waals surface area contributed by atoms with Crippen LogP contribution in [0.2, 0.25) is 0 Å². The fourth-order valence-electron chi connectivity index (χ4n) is 4.59. The van der Waals surface area contributed by atoms with Crippen molar-refractivity contribution >= 4 is 11.8 Å². The largest absolute Gasteiger partial charge is 0.337 e. The summed E-state index contributed by atoms with van der Waals surface area (Å²) in [7, 11) is 0. The second-order valence-electron chi connectivity index (χ2n) is 10.5. The lowest BCUT2D eigenvalue weighted by Gasteiger charge is -2.24. The zero-order valence-corrected chi connectivity index (χ0v) is 25.8. The molecule has 0 atom stereocenters. The zero-order chi connectivity index (χ0) is 31.1. The summed E-state index contributed by atoms with van der Waals surface area (Å²) < 4.78 is 24.8. The van der Waals surface area contributed by atoms with Crippen molar-refractivity contribution in [2.45, 2.75) is 73.3 Å². The maximum atomic E-state index is 13.5. The van der Waals surface area contributed by atoms with E-state index in [4.69, 9.17) is 5.73 Å². The minimum Gasteiger partial charge on any atom is -0.337 e. The van der Waals surface area contributed by atoms with Gasteiger partial charge in [-0.3, -0.25) is 9.59 Å². The van der Waals surface area contributed by atoms with Crippen molar-refractivity contribution in [3.05, 3.63) is 99.9 Å². The number of aromatic nitrogens is 1. The molecule has 0 aliphatic heterocycles. The Morgan fingerprint density at radius 3 is 2.21 bits per heavy atom. The highest BCUT2D eigenvalue weighted by atomic mass is 19.1. The predicted molar refractivity (Wildman–Crippen MR) is 166 cm³/mol. The first-order chi connectivity index (χ1) is 20.1. The number of nitrogens with zero attached hydrogens (tertiary/aromatic N) is 3. The van der Waals surface area contributed by atoms with E-state index in [1.807, 2.05) is 28.9 Å². The van der Waals surface area contributed by atoms with Crippen LogP contribution in [0.5, 0.6) is 0 Å². The van der Waals surface area contributed by atoms with E-state index in [2.05, 4.69) is 37.9 Å². The Hall–Kier alpha value is -3.65. The quantitative estimate of drug-likeness (QED) is 0.287. The fourth-order valence-corrected chi connectivity index (χ4v) is 4.59. The van der Waals surface area contributed by atoms with Crippen molar-refractivity contribution in [3.63, 3.8) is 0 Å². The Morgan fingerprint density at radius 2 is 1.57 bits per heavy atom. The van der Waals surface area contributed by atoms with Crippen LogP contribution in [-0.4, -0.2) is 52.8 Å². The van der Waals surface area contributed by atoms with Crippen molar-refractivity contribution in [1.82, 2.24) is 14.8 Å². The third kappa shape index (κ3) is 11.3. The highest BCUT2D eigenvalue weighted by Gasteiger charge is 2.21. The van der Waals surface area contributed by atoms with E-state index in [-0.39, 0.29) is 11.8 Å². The van der Waals surface area contributed by atoms with Crippen LogP contribution < -0.4 is 5.73 Å². The van der Waals surface area contributed by atoms with Gasteiger partial charge in [-0.05, 0) is 87.9 Å².